The average molecular weight is 217 g/mol. The van der Waals surface area contributed by atoms with Gasteiger partial charge in [-0.15, -0.1) is 11.3 Å². The Morgan fingerprint density at radius 1 is 1.27 bits per heavy atom. The molecule has 2 N–H and O–H groups in total. The summed E-state index contributed by atoms with van der Waals surface area (Å²) in [7, 11) is 0. The molecule has 0 unspecified atom stereocenters. The summed E-state index contributed by atoms with van der Waals surface area (Å²) in [5, 5.41) is 0. The zero-order chi connectivity index (χ0) is 10.8. The molecule has 1 aromatic carbocycles. The van der Waals surface area contributed by atoms with Crippen molar-refractivity contribution in [2.45, 2.75) is 6.92 Å². The van der Waals surface area contributed by atoms with Crippen molar-refractivity contribution in [2.24, 2.45) is 5.73 Å². The van der Waals surface area contributed by atoms with Crippen LogP contribution >= 0.6 is 11.3 Å². The first kappa shape index (κ1) is 9.93. The van der Waals surface area contributed by atoms with Crippen molar-refractivity contribution in [3.63, 3.8) is 0 Å². The first-order valence-electron chi connectivity index (χ1n) is 4.64. The van der Waals surface area contributed by atoms with Gasteiger partial charge < -0.3 is 5.73 Å². The zero-order valence-electron chi connectivity index (χ0n) is 8.36. The van der Waals surface area contributed by atoms with Gasteiger partial charge in [0.2, 0.25) is 5.91 Å². The van der Waals surface area contributed by atoms with Gasteiger partial charge in [-0.25, -0.2) is 0 Å². The van der Waals surface area contributed by atoms with E-state index in [9.17, 15) is 4.79 Å². The van der Waals surface area contributed by atoms with E-state index >= 15 is 0 Å². The monoisotopic (exact) mass is 217 g/mol. The van der Waals surface area contributed by atoms with Crippen molar-refractivity contribution in [2.75, 3.05) is 0 Å². The summed E-state index contributed by atoms with van der Waals surface area (Å²) in [4.78, 5) is 13.3. The Kier molecular flexibility index (Phi) is 2.56. The minimum Gasteiger partial charge on any atom is -0.366 e. The molecule has 2 aromatic rings. The topological polar surface area (TPSA) is 43.1 Å². The lowest BCUT2D eigenvalue weighted by Gasteiger charge is -1.99. The third-order valence-electron chi connectivity index (χ3n) is 2.16. The molecule has 15 heavy (non-hydrogen) atoms. The van der Waals surface area contributed by atoms with Crippen LogP contribution in [-0.4, -0.2) is 5.91 Å². The quantitative estimate of drug-likeness (QED) is 0.825. The molecule has 0 saturated carbocycles. The summed E-state index contributed by atoms with van der Waals surface area (Å²) in [6.07, 6.45) is 0. The van der Waals surface area contributed by atoms with E-state index < -0.39 is 0 Å². The molecule has 0 fully saturated rings. The fraction of sp³-hybridized carbons (Fsp3) is 0.0833. The van der Waals surface area contributed by atoms with Crippen molar-refractivity contribution in [1.29, 1.82) is 0 Å². The third-order valence-corrected chi connectivity index (χ3v) is 3.26. The van der Waals surface area contributed by atoms with Gasteiger partial charge in [-0.05, 0) is 18.6 Å². The van der Waals surface area contributed by atoms with Gasteiger partial charge in [0.15, 0.2) is 0 Å². The molecule has 0 radical (unpaired) electrons. The van der Waals surface area contributed by atoms with Crippen molar-refractivity contribution in [3.8, 4) is 10.4 Å². The Bertz CT molecular complexity index is 488. The Balaban J connectivity index is 2.58. The van der Waals surface area contributed by atoms with Crippen LogP contribution < -0.4 is 5.73 Å². The zero-order valence-corrected chi connectivity index (χ0v) is 9.17. The Morgan fingerprint density at radius 3 is 2.53 bits per heavy atom. The molecule has 0 atom stereocenters. The van der Waals surface area contributed by atoms with Crippen LogP contribution in [0, 0.1) is 6.92 Å². The second-order valence-corrected chi connectivity index (χ2v) is 4.59. The number of amides is 1. The molecule has 0 aliphatic rings. The van der Waals surface area contributed by atoms with Gasteiger partial charge in [0.05, 0.1) is 5.56 Å². The summed E-state index contributed by atoms with van der Waals surface area (Å²) >= 11 is 1.59. The van der Waals surface area contributed by atoms with E-state index in [2.05, 4.69) is 0 Å². The first-order chi connectivity index (χ1) is 7.18. The number of aryl methyl sites for hydroxylation is 1. The highest BCUT2D eigenvalue weighted by Gasteiger charge is 2.12. The molecule has 0 aliphatic carbocycles. The van der Waals surface area contributed by atoms with Crippen LogP contribution in [0.1, 0.15) is 15.2 Å². The minimum atomic E-state index is -0.363. The normalized spacial score (nSPS) is 10.2. The predicted octanol–water partition coefficient (Wildman–Crippen LogP) is 2.82. The fourth-order valence-corrected chi connectivity index (χ4v) is 2.52. The van der Waals surface area contributed by atoms with Crippen LogP contribution in [0.5, 0.6) is 0 Å². The van der Waals surface area contributed by atoms with Crippen LogP contribution in [-0.2, 0) is 0 Å². The lowest BCUT2D eigenvalue weighted by molar-refractivity contribution is 0.100. The maximum atomic E-state index is 11.2. The van der Waals surface area contributed by atoms with Crippen molar-refractivity contribution in [3.05, 3.63) is 46.8 Å². The van der Waals surface area contributed by atoms with Crippen LogP contribution in [0.2, 0.25) is 0 Å². The summed E-state index contributed by atoms with van der Waals surface area (Å²) in [5.74, 6) is -0.363. The number of carbonyl (C=O) groups excluding carboxylic acids is 1. The molecule has 0 saturated heterocycles. The maximum absolute atomic E-state index is 11.2. The molecular formula is C12H11NOS. The summed E-state index contributed by atoms with van der Waals surface area (Å²) in [6, 6.07) is 11.7. The molecular weight excluding hydrogens is 206 g/mol. The van der Waals surface area contributed by atoms with Gasteiger partial charge in [0.25, 0.3) is 0 Å². The highest BCUT2D eigenvalue weighted by molar-refractivity contribution is 7.15. The number of primary amides is 1. The van der Waals surface area contributed by atoms with Gasteiger partial charge in [-0.3, -0.25) is 4.79 Å². The lowest BCUT2D eigenvalue weighted by Crippen LogP contribution is -2.10. The smallest absolute Gasteiger partial charge is 0.250 e. The second kappa shape index (κ2) is 3.87. The highest BCUT2D eigenvalue weighted by atomic mass is 32.1. The molecule has 0 aliphatic heterocycles. The number of thiophene rings is 1. The Morgan fingerprint density at radius 2 is 1.93 bits per heavy atom. The van der Waals surface area contributed by atoms with Crippen LogP contribution in [0.3, 0.4) is 0 Å². The summed E-state index contributed by atoms with van der Waals surface area (Å²) < 4.78 is 0. The lowest BCUT2D eigenvalue weighted by atomic mass is 10.1. The standard InChI is InChI=1S/C12H11NOS/c1-8-7-10(12(13)14)11(15-8)9-5-3-2-4-6-9/h2-7H,1H3,(H2,13,14). The van der Waals surface area contributed by atoms with Crippen molar-refractivity contribution in [1.82, 2.24) is 0 Å². The van der Waals surface area contributed by atoms with Gasteiger partial charge in [0, 0.05) is 9.75 Å². The molecule has 0 bridgehead atoms. The number of rotatable bonds is 2. The van der Waals surface area contributed by atoms with E-state index in [-0.39, 0.29) is 5.91 Å². The van der Waals surface area contributed by atoms with Crippen molar-refractivity contribution < 1.29 is 4.79 Å². The Labute approximate surface area is 92.4 Å². The molecule has 0 spiro atoms. The minimum absolute atomic E-state index is 0.363. The van der Waals surface area contributed by atoms with Gasteiger partial charge >= 0.3 is 0 Å². The predicted molar refractivity (Wildman–Crippen MR) is 63.0 cm³/mol. The van der Waals surface area contributed by atoms with E-state index in [4.69, 9.17) is 5.73 Å². The molecule has 1 amide bonds. The van der Waals surface area contributed by atoms with E-state index in [0.29, 0.717) is 5.56 Å². The van der Waals surface area contributed by atoms with Crippen LogP contribution in [0.15, 0.2) is 36.4 Å². The first-order valence-corrected chi connectivity index (χ1v) is 5.46. The van der Waals surface area contributed by atoms with Crippen LogP contribution in [0.25, 0.3) is 10.4 Å². The third kappa shape index (κ3) is 1.92. The van der Waals surface area contributed by atoms with Gasteiger partial charge in [-0.1, -0.05) is 30.3 Å². The average Bonchev–Trinajstić information content (AvgIpc) is 2.62. The highest BCUT2D eigenvalue weighted by Crippen LogP contribution is 2.31. The van der Waals surface area contributed by atoms with E-state index in [1.165, 1.54) is 0 Å². The number of nitrogens with two attached hydrogens (primary N) is 1. The second-order valence-electron chi connectivity index (χ2n) is 3.33. The Hall–Kier alpha value is -1.61. The molecule has 2 rings (SSSR count). The fourth-order valence-electron chi connectivity index (χ4n) is 1.50. The summed E-state index contributed by atoms with van der Waals surface area (Å²) in [6.45, 7) is 1.98. The SMILES string of the molecule is Cc1cc(C(N)=O)c(-c2ccccc2)s1. The molecule has 1 aromatic heterocycles. The van der Waals surface area contributed by atoms with Gasteiger partial charge in [0.1, 0.15) is 0 Å². The van der Waals surface area contributed by atoms with E-state index in [0.717, 1.165) is 15.3 Å². The maximum Gasteiger partial charge on any atom is 0.250 e. The molecule has 1 heterocycles. The number of carbonyl (C=O) groups is 1. The van der Waals surface area contributed by atoms with Crippen LogP contribution in [0.4, 0.5) is 0 Å². The largest absolute Gasteiger partial charge is 0.366 e. The van der Waals surface area contributed by atoms with Crippen molar-refractivity contribution >= 4 is 17.2 Å². The van der Waals surface area contributed by atoms with E-state index in [1.807, 2.05) is 43.3 Å². The number of hydrogen-bond donors (Lipinski definition) is 1. The molecule has 76 valence electrons. The van der Waals surface area contributed by atoms with Gasteiger partial charge in [-0.2, -0.15) is 0 Å². The molecule has 3 heteroatoms. The molecule has 2 nitrogen and oxygen atoms in total. The number of hydrogen-bond acceptors (Lipinski definition) is 2. The summed E-state index contributed by atoms with van der Waals surface area (Å²) in [5.41, 5.74) is 6.99. The van der Waals surface area contributed by atoms with E-state index in [1.54, 1.807) is 11.3 Å². The number of benzene rings is 1.